The predicted molar refractivity (Wildman–Crippen MR) is 102 cm³/mol. The molecule has 0 aromatic carbocycles. The summed E-state index contributed by atoms with van der Waals surface area (Å²) in [5.74, 6) is 1.54. The molecular formula is C18H31N5O. The number of nitrogens with two attached hydrogens (primary N) is 1. The first-order chi connectivity index (χ1) is 11.5. The van der Waals surface area contributed by atoms with Crippen molar-refractivity contribution in [1.29, 1.82) is 0 Å². The van der Waals surface area contributed by atoms with Crippen LogP contribution in [0.4, 0.5) is 11.8 Å². The number of allylic oxidation sites excluding steroid dienone is 1. The second kappa shape index (κ2) is 10.6. The summed E-state index contributed by atoms with van der Waals surface area (Å²) < 4.78 is 5.89. The highest BCUT2D eigenvalue weighted by atomic mass is 16.5. The summed E-state index contributed by atoms with van der Waals surface area (Å²) in [5.41, 5.74) is 7.80. The first kappa shape index (κ1) is 19.9. The summed E-state index contributed by atoms with van der Waals surface area (Å²) in [7, 11) is 1.78. The van der Waals surface area contributed by atoms with Gasteiger partial charge in [-0.2, -0.15) is 4.98 Å². The molecule has 24 heavy (non-hydrogen) atoms. The van der Waals surface area contributed by atoms with Gasteiger partial charge in [0, 0.05) is 18.8 Å². The number of ether oxygens (including phenoxy) is 1. The molecule has 1 rings (SSSR count). The molecule has 0 unspecified atom stereocenters. The Kier molecular flexibility index (Phi) is 8.83. The molecule has 0 bridgehead atoms. The number of rotatable bonds is 10. The maximum Gasteiger partial charge on any atom is 0.222 e. The molecule has 0 amide bonds. The van der Waals surface area contributed by atoms with E-state index in [4.69, 9.17) is 10.5 Å². The Morgan fingerprint density at radius 2 is 2.00 bits per heavy atom. The minimum Gasteiger partial charge on any atom is -0.484 e. The lowest BCUT2D eigenvalue weighted by Gasteiger charge is -2.20. The summed E-state index contributed by atoms with van der Waals surface area (Å²) in [6, 6.07) is 0.364. The summed E-state index contributed by atoms with van der Waals surface area (Å²) in [4.78, 5) is 12.5. The Balaban J connectivity index is 2.85. The lowest BCUT2D eigenvalue weighted by molar-refractivity contribution is 0.350. The number of nitrogen functional groups attached to an aromatic ring is 1. The molecule has 0 radical (unpaired) electrons. The second-order valence-corrected chi connectivity index (χ2v) is 6.00. The molecule has 0 aliphatic rings. The highest BCUT2D eigenvalue weighted by molar-refractivity contribution is 5.93. The Morgan fingerprint density at radius 3 is 2.58 bits per heavy atom. The van der Waals surface area contributed by atoms with Crippen LogP contribution in [-0.4, -0.2) is 35.4 Å². The van der Waals surface area contributed by atoms with Gasteiger partial charge in [0.1, 0.15) is 6.61 Å². The minimum atomic E-state index is 0.248. The largest absolute Gasteiger partial charge is 0.484 e. The van der Waals surface area contributed by atoms with Gasteiger partial charge in [0.05, 0.1) is 6.20 Å². The zero-order chi connectivity index (χ0) is 17.9. The number of hydrogen-bond acceptors (Lipinski definition) is 6. The number of aliphatic imine (C=N–C) groups is 1. The minimum absolute atomic E-state index is 0.248. The topological polar surface area (TPSA) is 85.4 Å². The Morgan fingerprint density at radius 1 is 1.33 bits per heavy atom. The van der Waals surface area contributed by atoms with E-state index in [-0.39, 0.29) is 5.95 Å². The molecule has 6 heteroatoms. The van der Waals surface area contributed by atoms with Gasteiger partial charge in [-0.3, -0.25) is 4.99 Å². The SMILES string of the molecule is CCCC(CCC)Nc1nc(N)ncc1OC/C(C)=C/C(C)=N\C. The molecule has 0 saturated heterocycles. The molecule has 1 heterocycles. The highest BCUT2D eigenvalue weighted by Crippen LogP contribution is 2.24. The molecule has 0 saturated carbocycles. The van der Waals surface area contributed by atoms with Crippen molar-refractivity contribution >= 4 is 17.5 Å². The third-order valence-corrected chi connectivity index (χ3v) is 3.65. The van der Waals surface area contributed by atoms with E-state index in [1.165, 1.54) is 0 Å². The molecule has 0 fully saturated rings. The fourth-order valence-electron chi connectivity index (χ4n) is 2.43. The zero-order valence-electron chi connectivity index (χ0n) is 15.6. The number of nitrogens with zero attached hydrogens (tertiary/aromatic N) is 3. The highest BCUT2D eigenvalue weighted by Gasteiger charge is 2.13. The van der Waals surface area contributed by atoms with Gasteiger partial charge in [0.2, 0.25) is 5.95 Å². The van der Waals surface area contributed by atoms with Crippen molar-refractivity contribution in [2.75, 3.05) is 24.7 Å². The molecule has 3 N–H and O–H groups in total. The van der Waals surface area contributed by atoms with Crippen LogP contribution < -0.4 is 15.8 Å². The fraction of sp³-hybridized carbons (Fsp3) is 0.611. The fourth-order valence-corrected chi connectivity index (χ4v) is 2.43. The van der Waals surface area contributed by atoms with Gasteiger partial charge in [-0.1, -0.05) is 26.7 Å². The van der Waals surface area contributed by atoms with E-state index in [1.807, 2.05) is 19.9 Å². The molecule has 6 nitrogen and oxygen atoms in total. The second-order valence-electron chi connectivity index (χ2n) is 6.00. The van der Waals surface area contributed by atoms with Crippen molar-refractivity contribution < 1.29 is 4.74 Å². The van der Waals surface area contributed by atoms with E-state index >= 15 is 0 Å². The van der Waals surface area contributed by atoms with Crippen molar-refractivity contribution in [3.63, 3.8) is 0 Å². The van der Waals surface area contributed by atoms with Gasteiger partial charge >= 0.3 is 0 Å². The van der Waals surface area contributed by atoms with Crippen molar-refractivity contribution in [3.05, 3.63) is 17.8 Å². The van der Waals surface area contributed by atoms with E-state index in [0.717, 1.165) is 37.0 Å². The van der Waals surface area contributed by atoms with Crippen LogP contribution in [0, 0.1) is 0 Å². The maximum absolute atomic E-state index is 5.89. The first-order valence-electron chi connectivity index (χ1n) is 8.62. The summed E-state index contributed by atoms with van der Waals surface area (Å²) >= 11 is 0. The molecule has 0 aliphatic heterocycles. The Hall–Kier alpha value is -2.11. The monoisotopic (exact) mass is 333 g/mol. The smallest absolute Gasteiger partial charge is 0.222 e. The summed E-state index contributed by atoms with van der Waals surface area (Å²) in [6.45, 7) is 8.80. The molecule has 1 aromatic rings. The summed E-state index contributed by atoms with van der Waals surface area (Å²) in [5, 5.41) is 3.47. The quantitative estimate of drug-likeness (QED) is 0.635. The molecule has 0 spiro atoms. The van der Waals surface area contributed by atoms with Crippen molar-refractivity contribution in [2.24, 2.45) is 4.99 Å². The molecular weight excluding hydrogens is 302 g/mol. The van der Waals surface area contributed by atoms with Gasteiger partial charge in [-0.15, -0.1) is 0 Å². The van der Waals surface area contributed by atoms with Crippen molar-refractivity contribution in [2.45, 2.75) is 59.4 Å². The lowest BCUT2D eigenvalue weighted by Crippen LogP contribution is -2.21. The van der Waals surface area contributed by atoms with Crippen LogP contribution >= 0.6 is 0 Å². The Labute approximate surface area is 145 Å². The van der Waals surface area contributed by atoms with Crippen LogP contribution in [0.25, 0.3) is 0 Å². The van der Waals surface area contributed by atoms with E-state index in [0.29, 0.717) is 24.2 Å². The first-order valence-corrected chi connectivity index (χ1v) is 8.62. The molecule has 134 valence electrons. The van der Waals surface area contributed by atoms with Crippen molar-refractivity contribution in [1.82, 2.24) is 9.97 Å². The van der Waals surface area contributed by atoms with Gasteiger partial charge in [-0.25, -0.2) is 4.98 Å². The average Bonchev–Trinajstić information content (AvgIpc) is 2.54. The van der Waals surface area contributed by atoms with E-state index < -0.39 is 0 Å². The van der Waals surface area contributed by atoms with Gasteiger partial charge in [0.15, 0.2) is 11.6 Å². The van der Waals surface area contributed by atoms with Crippen LogP contribution in [0.3, 0.4) is 0 Å². The van der Waals surface area contributed by atoms with Gasteiger partial charge in [-0.05, 0) is 38.3 Å². The number of anilines is 2. The zero-order valence-corrected chi connectivity index (χ0v) is 15.6. The van der Waals surface area contributed by atoms with Crippen LogP contribution in [0.5, 0.6) is 5.75 Å². The maximum atomic E-state index is 5.89. The van der Waals surface area contributed by atoms with Crippen LogP contribution in [0.1, 0.15) is 53.4 Å². The number of nitrogens with one attached hydrogen (secondary N) is 1. The number of hydrogen-bond donors (Lipinski definition) is 2. The summed E-state index contributed by atoms with van der Waals surface area (Å²) in [6.07, 6.45) is 8.04. The number of aromatic nitrogens is 2. The standard InChI is InChI=1S/C18H31N5O/c1-6-8-15(9-7-2)22-17-16(11-21-18(19)23-17)24-12-13(3)10-14(4)20-5/h10-11,15H,6-9,12H2,1-5H3,(H3,19,21,22,23)/b13-10+,20-14-. The van der Waals surface area contributed by atoms with Crippen molar-refractivity contribution in [3.8, 4) is 5.75 Å². The van der Waals surface area contributed by atoms with Gasteiger partial charge in [0.25, 0.3) is 0 Å². The third kappa shape index (κ3) is 6.98. The third-order valence-electron chi connectivity index (χ3n) is 3.65. The molecule has 0 aliphatic carbocycles. The molecule has 1 aromatic heterocycles. The normalized spacial score (nSPS) is 12.6. The van der Waals surface area contributed by atoms with E-state index in [2.05, 4.69) is 34.1 Å². The van der Waals surface area contributed by atoms with Crippen LogP contribution in [0.2, 0.25) is 0 Å². The average molecular weight is 333 g/mol. The lowest BCUT2D eigenvalue weighted by atomic mass is 10.1. The van der Waals surface area contributed by atoms with Crippen LogP contribution in [-0.2, 0) is 0 Å². The molecule has 0 atom stereocenters. The Bertz CT molecular complexity index is 563. The predicted octanol–water partition coefficient (Wildman–Crippen LogP) is 3.86. The van der Waals surface area contributed by atoms with Crippen LogP contribution in [0.15, 0.2) is 22.8 Å². The van der Waals surface area contributed by atoms with E-state index in [9.17, 15) is 0 Å². The van der Waals surface area contributed by atoms with E-state index in [1.54, 1.807) is 13.2 Å². The van der Waals surface area contributed by atoms with Gasteiger partial charge < -0.3 is 15.8 Å².